The van der Waals surface area contributed by atoms with Gasteiger partial charge >= 0.3 is 0 Å². The van der Waals surface area contributed by atoms with Crippen molar-refractivity contribution in [1.82, 2.24) is 20.1 Å². The molecule has 1 aliphatic rings. The molecule has 8 heteroatoms. The number of rotatable bonds is 4. The lowest BCUT2D eigenvalue weighted by Gasteiger charge is -2.16. The predicted molar refractivity (Wildman–Crippen MR) is 100 cm³/mol. The van der Waals surface area contributed by atoms with Crippen LogP contribution in [0.15, 0.2) is 24.4 Å². The van der Waals surface area contributed by atoms with Crippen LogP contribution in [-0.2, 0) is 13.5 Å². The summed E-state index contributed by atoms with van der Waals surface area (Å²) in [7, 11) is 3.25. The van der Waals surface area contributed by atoms with E-state index in [0.717, 1.165) is 22.6 Å². The molecule has 4 rings (SSSR count). The lowest BCUT2D eigenvalue weighted by Crippen LogP contribution is -2.31. The molecule has 0 fully saturated rings. The zero-order chi connectivity index (χ0) is 19.1. The Morgan fingerprint density at radius 2 is 2.19 bits per heavy atom. The monoisotopic (exact) mass is 369 g/mol. The Morgan fingerprint density at radius 3 is 2.89 bits per heavy atom. The second-order valence-corrected chi connectivity index (χ2v) is 6.48. The number of methoxy groups -OCH3 is 1. The average molecular weight is 369 g/mol. The van der Waals surface area contributed by atoms with Crippen LogP contribution in [0.3, 0.4) is 0 Å². The van der Waals surface area contributed by atoms with E-state index < -0.39 is 5.82 Å². The Bertz CT molecular complexity index is 1040. The van der Waals surface area contributed by atoms with E-state index in [1.807, 2.05) is 20.2 Å². The van der Waals surface area contributed by atoms with E-state index in [4.69, 9.17) is 4.74 Å². The number of H-pyrrole nitrogens is 1. The van der Waals surface area contributed by atoms with E-state index in [1.165, 1.54) is 13.2 Å². The summed E-state index contributed by atoms with van der Waals surface area (Å²) >= 11 is 0. The van der Waals surface area contributed by atoms with Gasteiger partial charge in [-0.15, -0.1) is 0 Å². The van der Waals surface area contributed by atoms with E-state index >= 15 is 0 Å². The average Bonchev–Trinajstić information content (AvgIpc) is 3.15. The van der Waals surface area contributed by atoms with Crippen molar-refractivity contribution < 1.29 is 13.9 Å². The van der Waals surface area contributed by atoms with E-state index in [0.29, 0.717) is 29.9 Å². The maximum Gasteiger partial charge on any atom is 0.255 e. The predicted octanol–water partition coefficient (Wildman–Crippen LogP) is 2.90. The Balaban J connectivity index is 1.91. The molecule has 0 aliphatic carbocycles. The van der Waals surface area contributed by atoms with Crippen molar-refractivity contribution in [2.75, 3.05) is 19.0 Å². The fraction of sp³-hybridized carbons (Fsp3) is 0.263. The summed E-state index contributed by atoms with van der Waals surface area (Å²) in [5, 5.41) is 10.5. The number of benzene rings is 1. The largest absolute Gasteiger partial charge is 0.492 e. The first-order valence-corrected chi connectivity index (χ1v) is 8.62. The van der Waals surface area contributed by atoms with Crippen molar-refractivity contribution in [3.05, 3.63) is 47.2 Å². The number of aromatic amines is 1. The van der Waals surface area contributed by atoms with Crippen LogP contribution in [0.5, 0.6) is 5.75 Å². The van der Waals surface area contributed by atoms with Crippen LogP contribution in [0.2, 0.25) is 0 Å². The number of nitrogens with zero attached hydrogens (tertiary/aromatic N) is 2. The van der Waals surface area contributed by atoms with Crippen molar-refractivity contribution in [3.63, 3.8) is 0 Å². The molecule has 3 heterocycles. The molecule has 0 spiro atoms. The number of aromatic nitrogens is 3. The van der Waals surface area contributed by atoms with Crippen LogP contribution in [0.1, 0.15) is 21.7 Å². The number of nitrogens with one attached hydrogen (secondary N) is 3. The van der Waals surface area contributed by atoms with Crippen molar-refractivity contribution >= 4 is 17.3 Å². The molecule has 140 valence electrons. The molecule has 0 atom stereocenters. The van der Waals surface area contributed by atoms with E-state index in [2.05, 4.69) is 20.7 Å². The summed E-state index contributed by atoms with van der Waals surface area (Å²) in [5.74, 6) is -0.550. The molecule has 3 aromatic rings. The first-order valence-electron chi connectivity index (χ1n) is 8.62. The highest BCUT2D eigenvalue weighted by molar-refractivity contribution is 6.06. The molecule has 0 bridgehead atoms. The van der Waals surface area contributed by atoms with Crippen LogP contribution < -0.4 is 15.4 Å². The van der Waals surface area contributed by atoms with Gasteiger partial charge in [0.25, 0.3) is 5.91 Å². The minimum atomic E-state index is -0.476. The van der Waals surface area contributed by atoms with Crippen molar-refractivity contribution in [2.24, 2.45) is 7.05 Å². The summed E-state index contributed by atoms with van der Waals surface area (Å²) in [6.45, 7) is 2.47. The van der Waals surface area contributed by atoms with Gasteiger partial charge in [-0.3, -0.25) is 9.48 Å². The highest BCUT2D eigenvalue weighted by Gasteiger charge is 2.28. The molecule has 27 heavy (non-hydrogen) atoms. The van der Waals surface area contributed by atoms with Crippen LogP contribution in [0.25, 0.3) is 11.3 Å². The van der Waals surface area contributed by atoms with Gasteiger partial charge in [0.15, 0.2) is 11.6 Å². The quantitative estimate of drug-likeness (QED) is 0.660. The minimum Gasteiger partial charge on any atom is -0.492 e. The smallest absolute Gasteiger partial charge is 0.255 e. The number of para-hydroxylation sites is 1. The highest BCUT2D eigenvalue weighted by atomic mass is 19.1. The molecule has 1 aliphatic heterocycles. The normalized spacial score (nSPS) is 13.3. The molecule has 0 unspecified atom stereocenters. The molecular weight excluding hydrogens is 349 g/mol. The number of anilines is 2. The van der Waals surface area contributed by atoms with Crippen LogP contribution in [0, 0.1) is 12.7 Å². The molecule has 1 amide bonds. The number of carbonyl (C=O) groups excluding carboxylic acids is 1. The Morgan fingerprint density at radius 1 is 1.37 bits per heavy atom. The van der Waals surface area contributed by atoms with Crippen LogP contribution >= 0.6 is 0 Å². The van der Waals surface area contributed by atoms with Crippen LogP contribution in [0.4, 0.5) is 15.8 Å². The maximum absolute atomic E-state index is 14.1. The summed E-state index contributed by atoms with van der Waals surface area (Å²) in [5.41, 5.74) is 4.85. The zero-order valence-electron chi connectivity index (χ0n) is 15.3. The first kappa shape index (κ1) is 17.1. The van der Waals surface area contributed by atoms with Crippen molar-refractivity contribution in [3.8, 4) is 17.0 Å². The molecule has 0 radical (unpaired) electrons. The number of halogens is 1. The van der Waals surface area contributed by atoms with Gasteiger partial charge in [-0.2, -0.15) is 5.10 Å². The fourth-order valence-electron chi connectivity index (χ4n) is 3.50. The topological polar surface area (TPSA) is 84.0 Å². The minimum absolute atomic E-state index is 0.0949. The fourth-order valence-corrected chi connectivity index (χ4v) is 3.50. The number of amides is 1. The van der Waals surface area contributed by atoms with Crippen LogP contribution in [-0.4, -0.2) is 34.3 Å². The second-order valence-electron chi connectivity index (χ2n) is 6.48. The Hall–Kier alpha value is -3.29. The lowest BCUT2D eigenvalue weighted by atomic mass is 10.1. The van der Waals surface area contributed by atoms with Crippen molar-refractivity contribution in [1.29, 1.82) is 0 Å². The third-order valence-electron chi connectivity index (χ3n) is 4.68. The van der Waals surface area contributed by atoms with E-state index in [1.54, 1.807) is 16.8 Å². The molecule has 3 N–H and O–H groups in total. The van der Waals surface area contributed by atoms with E-state index in [9.17, 15) is 9.18 Å². The molecular formula is C19H20FN5O2. The number of hydrogen-bond donors (Lipinski definition) is 3. The van der Waals surface area contributed by atoms with E-state index in [-0.39, 0.29) is 11.7 Å². The van der Waals surface area contributed by atoms with Gasteiger partial charge in [0.2, 0.25) is 0 Å². The third kappa shape index (κ3) is 2.83. The number of aryl methyl sites for hydroxylation is 2. The van der Waals surface area contributed by atoms with Gasteiger partial charge in [0, 0.05) is 37.5 Å². The Labute approximate surface area is 155 Å². The molecule has 1 aromatic carbocycles. The molecule has 7 nitrogen and oxygen atoms in total. The lowest BCUT2D eigenvalue weighted by molar-refractivity contribution is 0.0947. The summed E-state index contributed by atoms with van der Waals surface area (Å²) in [4.78, 5) is 15.9. The Kier molecular flexibility index (Phi) is 4.10. The van der Waals surface area contributed by atoms with Gasteiger partial charge in [-0.1, -0.05) is 6.07 Å². The second kappa shape index (κ2) is 6.46. The standard InChI is InChI=1S/C19H20FN5O2/c1-10-11(9-25(2)24-10)16-17(15-13(22-16)7-8-21-19(15)26)23-14-6-4-5-12(20)18(14)27-3/h4-6,9,22-23H,7-8H2,1-3H3,(H,21,26). The molecule has 2 aromatic heterocycles. The number of ether oxygens (including phenoxy) is 1. The zero-order valence-corrected chi connectivity index (χ0v) is 15.3. The number of fused-ring (bicyclic) bond motifs is 1. The third-order valence-corrected chi connectivity index (χ3v) is 4.68. The first-order chi connectivity index (χ1) is 13.0. The number of carbonyl (C=O) groups is 1. The van der Waals surface area contributed by atoms with Crippen molar-refractivity contribution in [2.45, 2.75) is 13.3 Å². The molecule has 0 saturated carbocycles. The van der Waals surface area contributed by atoms with Gasteiger partial charge in [-0.05, 0) is 19.1 Å². The summed E-state index contributed by atoms with van der Waals surface area (Å²) < 4.78 is 21.0. The number of hydrogen-bond acceptors (Lipinski definition) is 4. The maximum atomic E-state index is 14.1. The van der Waals surface area contributed by atoms with Gasteiger partial charge < -0.3 is 20.4 Å². The SMILES string of the molecule is COc1c(F)cccc1Nc1c(-c2cn(C)nc2C)[nH]c2c1C(=O)NCC2. The highest BCUT2D eigenvalue weighted by Crippen LogP contribution is 2.40. The summed E-state index contributed by atoms with van der Waals surface area (Å²) in [6, 6.07) is 4.63. The molecule has 0 saturated heterocycles. The van der Waals surface area contributed by atoms with Gasteiger partial charge in [0.05, 0.1) is 35.4 Å². The van der Waals surface area contributed by atoms with Gasteiger partial charge in [-0.25, -0.2) is 4.39 Å². The summed E-state index contributed by atoms with van der Waals surface area (Å²) in [6.07, 6.45) is 2.58. The van der Waals surface area contributed by atoms with Gasteiger partial charge in [0.1, 0.15) is 0 Å².